The first-order valence-corrected chi connectivity index (χ1v) is 13.7. The number of benzene rings is 1. The van der Waals surface area contributed by atoms with Crippen LogP contribution < -0.4 is 5.32 Å². The van der Waals surface area contributed by atoms with Crippen molar-refractivity contribution in [3.8, 4) is 0 Å². The number of carbonyl (C=O) groups excluding carboxylic acids is 1. The third-order valence-electron chi connectivity index (χ3n) is 5.76. The van der Waals surface area contributed by atoms with Crippen LogP contribution in [-0.4, -0.2) is 57.5 Å². The smallest absolute Gasteiger partial charge is 0.291 e. The zero-order valence-electron chi connectivity index (χ0n) is 17.7. The molecule has 0 bridgehead atoms. The number of nitrogens with one attached hydrogen (secondary N) is 1. The predicted octanol–water partition coefficient (Wildman–Crippen LogP) is 2.88. The van der Waals surface area contributed by atoms with E-state index in [1.807, 2.05) is 0 Å². The summed E-state index contributed by atoms with van der Waals surface area (Å²) in [4.78, 5) is 12.7. The van der Waals surface area contributed by atoms with Crippen molar-refractivity contribution < 1.29 is 26.0 Å². The van der Waals surface area contributed by atoms with Gasteiger partial charge in [-0.3, -0.25) is 4.79 Å². The molecular weight excluding hydrogens is 454 g/mol. The summed E-state index contributed by atoms with van der Waals surface area (Å²) >= 11 is 0. The Hall–Kier alpha value is -2.21. The minimum absolute atomic E-state index is 0.102. The Labute approximate surface area is 188 Å². The molecule has 0 atom stereocenters. The molecule has 0 radical (unpaired) electrons. The highest BCUT2D eigenvalue weighted by Gasteiger charge is 2.30. The number of rotatable bonds is 6. The van der Waals surface area contributed by atoms with Gasteiger partial charge in [0.2, 0.25) is 15.1 Å². The lowest BCUT2D eigenvalue weighted by molar-refractivity contribution is 0.0991. The van der Waals surface area contributed by atoms with E-state index in [1.165, 1.54) is 32.9 Å². The molecule has 2 aromatic rings. The van der Waals surface area contributed by atoms with Gasteiger partial charge >= 0.3 is 0 Å². The van der Waals surface area contributed by atoms with Crippen LogP contribution in [0.15, 0.2) is 50.8 Å². The number of sulfonamides is 2. The predicted molar refractivity (Wildman–Crippen MR) is 118 cm³/mol. The van der Waals surface area contributed by atoms with Crippen LogP contribution in [0.3, 0.4) is 0 Å². The molecule has 11 heteroatoms. The lowest BCUT2D eigenvalue weighted by Gasteiger charge is -2.26. The van der Waals surface area contributed by atoms with Crippen LogP contribution in [0.2, 0.25) is 0 Å². The number of amides is 1. The molecule has 2 saturated heterocycles. The van der Waals surface area contributed by atoms with Gasteiger partial charge in [-0.05, 0) is 56.0 Å². The van der Waals surface area contributed by atoms with E-state index in [0.29, 0.717) is 26.2 Å². The van der Waals surface area contributed by atoms with Crippen molar-refractivity contribution in [1.29, 1.82) is 0 Å². The topological polar surface area (TPSA) is 117 Å². The molecule has 1 amide bonds. The fourth-order valence-electron chi connectivity index (χ4n) is 3.99. The van der Waals surface area contributed by atoms with Crippen LogP contribution in [0.4, 0.5) is 5.69 Å². The zero-order valence-corrected chi connectivity index (χ0v) is 19.3. The number of hydrogen-bond donors (Lipinski definition) is 1. The van der Waals surface area contributed by atoms with Gasteiger partial charge in [0, 0.05) is 31.9 Å². The first-order valence-electron chi connectivity index (χ1n) is 10.8. The molecule has 3 heterocycles. The van der Waals surface area contributed by atoms with E-state index in [1.54, 1.807) is 12.1 Å². The van der Waals surface area contributed by atoms with Crippen molar-refractivity contribution in [1.82, 2.24) is 8.61 Å². The maximum atomic E-state index is 12.9. The standard InChI is InChI=1S/C21H27N3O6S2/c25-21(19-10-11-20(30-19)32(28,29)24-14-5-2-6-15-24)22-17-8-7-9-18(16-17)31(26,27)23-12-3-1-4-13-23/h7-11,16H,1-6,12-15H2,(H,22,25). The largest absolute Gasteiger partial charge is 0.438 e. The number of carbonyl (C=O) groups is 1. The molecule has 4 rings (SSSR count). The molecule has 0 saturated carbocycles. The molecule has 2 aliphatic rings. The molecule has 0 unspecified atom stereocenters. The first kappa shape index (κ1) is 23.0. The zero-order chi connectivity index (χ0) is 22.8. The summed E-state index contributed by atoms with van der Waals surface area (Å²) in [5.41, 5.74) is 0.282. The molecule has 9 nitrogen and oxygen atoms in total. The lowest BCUT2D eigenvalue weighted by atomic mass is 10.2. The van der Waals surface area contributed by atoms with Gasteiger partial charge < -0.3 is 9.73 Å². The molecule has 32 heavy (non-hydrogen) atoms. The highest BCUT2D eigenvalue weighted by atomic mass is 32.2. The van der Waals surface area contributed by atoms with Crippen LogP contribution in [0.5, 0.6) is 0 Å². The fraction of sp³-hybridized carbons (Fsp3) is 0.476. The van der Waals surface area contributed by atoms with Gasteiger partial charge in [-0.1, -0.05) is 18.9 Å². The summed E-state index contributed by atoms with van der Waals surface area (Å²) in [5, 5.41) is 2.32. The van der Waals surface area contributed by atoms with Gasteiger partial charge in [0.05, 0.1) is 4.90 Å². The molecule has 0 aliphatic carbocycles. The van der Waals surface area contributed by atoms with E-state index in [-0.39, 0.29) is 21.4 Å². The van der Waals surface area contributed by atoms with Gasteiger partial charge in [-0.25, -0.2) is 16.8 Å². The minimum Gasteiger partial charge on any atom is -0.438 e. The molecule has 2 fully saturated rings. The highest BCUT2D eigenvalue weighted by Crippen LogP contribution is 2.25. The molecule has 174 valence electrons. The summed E-state index contributed by atoms with van der Waals surface area (Å²) in [6.07, 6.45) is 5.26. The fourth-order valence-corrected chi connectivity index (χ4v) is 6.99. The van der Waals surface area contributed by atoms with Crippen molar-refractivity contribution in [2.24, 2.45) is 0 Å². The van der Waals surface area contributed by atoms with Crippen molar-refractivity contribution in [3.05, 3.63) is 42.2 Å². The summed E-state index contributed by atoms with van der Waals surface area (Å²) in [6.45, 7) is 1.84. The van der Waals surface area contributed by atoms with Gasteiger partial charge in [0.1, 0.15) is 0 Å². The second kappa shape index (κ2) is 9.34. The summed E-state index contributed by atoms with van der Waals surface area (Å²) in [7, 11) is -7.42. The van der Waals surface area contributed by atoms with E-state index >= 15 is 0 Å². The summed E-state index contributed by atoms with van der Waals surface area (Å²) in [5.74, 6) is -0.817. The summed E-state index contributed by atoms with van der Waals surface area (Å²) < 4.78 is 59.4. The normalized spacial score (nSPS) is 19.0. The van der Waals surface area contributed by atoms with Crippen molar-refractivity contribution in [2.75, 3.05) is 31.5 Å². The molecule has 1 aromatic carbocycles. The van der Waals surface area contributed by atoms with E-state index in [2.05, 4.69) is 5.32 Å². The molecular formula is C21H27N3O6S2. The molecule has 1 N–H and O–H groups in total. The minimum atomic E-state index is -3.78. The van der Waals surface area contributed by atoms with E-state index < -0.39 is 26.0 Å². The monoisotopic (exact) mass is 481 g/mol. The first-order chi connectivity index (χ1) is 15.3. The van der Waals surface area contributed by atoms with Crippen molar-refractivity contribution in [3.63, 3.8) is 0 Å². The number of furan rings is 1. The van der Waals surface area contributed by atoms with Gasteiger partial charge in [-0.15, -0.1) is 0 Å². The second-order valence-corrected chi connectivity index (χ2v) is 11.8. The Morgan fingerprint density at radius 1 is 0.781 bits per heavy atom. The van der Waals surface area contributed by atoms with Crippen LogP contribution >= 0.6 is 0 Å². The highest BCUT2D eigenvalue weighted by molar-refractivity contribution is 7.89. The van der Waals surface area contributed by atoms with Crippen LogP contribution in [0.1, 0.15) is 49.1 Å². The second-order valence-electron chi connectivity index (χ2n) is 8.03. The van der Waals surface area contributed by atoms with Crippen molar-refractivity contribution in [2.45, 2.75) is 48.5 Å². The molecule has 1 aromatic heterocycles. The van der Waals surface area contributed by atoms with Crippen LogP contribution in [-0.2, 0) is 20.0 Å². The van der Waals surface area contributed by atoms with Crippen LogP contribution in [0, 0.1) is 0 Å². The van der Waals surface area contributed by atoms with Gasteiger partial charge in [0.25, 0.3) is 15.9 Å². The van der Waals surface area contributed by atoms with Crippen LogP contribution in [0.25, 0.3) is 0 Å². The van der Waals surface area contributed by atoms with E-state index in [9.17, 15) is 21.6 Å². The maximum Gasteiger partial charge on any atom is 0.291 e. The SMILES string of the molecule is O=C(Nc1cccc(S(=O)(=O)N2CCCCC2)c1)c1ccc(S(=O)(=O)N2CCCCC2)o1. The number of nitrogens with zero attached hydrogens (tertiary/aromatic N) is 2. The Bertz CT molecular complexity index is 1180. The Morgan fingerprint density at radius 3 is 2.00 bits per heavy atom. The average Bonchev–Trinajstić information content (AvgIpc) is 3.32. The van der Waals surface area contributed by atoms with Crippen molar-refractivity contribution >= 4 is 31.6 Å². The quantitative estimate of drug-likeness (QED) is 0.678. The Kier molecular flexibility index (Phi) is 6.70. The number of anilines is 1. The van der Waals surface area contributed by atoms with E-state index in [0.717, 1.165) is 38.5 Å². The van der Waals surface area contributed by atoms with Gasteiger partial charge in [0.15, 0.2) is 5.76 Å². The Morgan fingerprint density at radius 2 is 1.38 bits per heavy atom. The third-order valence-corrected chi connectivity index (χ3v) is 9.43. The average molecular weight is 482 g/mol. The van der Waals surface area contributed by atoms with Gasteiger partial charge in [-0.2, -0.15) is 8.61 Å². The lowest BCUT2D eigenvalue weighted by Crippen LogP contribution is -2.35. The third kappa shape index (κ3) is 4.75. The number of hydrogen-bond acceptors (Lipinski definition) is 6. The summed E-state index contributed by atoms with van der Waals surface area (Å²) in [6, 6.07) is 8.60. The maximum absolute atomic E-state index is 12.9. The Balaban J connectivity index is 1.48. The number of piperidine rings is 2. The van der Waals surface area contributed by atoms with E-state index in [4.69, 9.17) is 4.42 Å². The molecule has 0 spiro atoms. The molecule has 2 aliphatic heterocycles.